The molecule has 0 saturated heterocycles. The lowest BCUT2D eigenvalue weighted by molar-refractivity contribution is -0.144. The van der Waals surface area contributed by atoms with Gasteiger partial charge in [0.2, 0.25) is 0 Å². The van der Waals surface area contributed by atoms with Crippen molar-refractivity contribution in [1.82, 2.24) is 9.38 Å². The van der Waals surface area contributed by atoms with Gasteiger partial charge in [0.25, 0.3) is 5.56 Å². The third-order valence-electron chi connectivity index (χ3n) is 3.20. The fourth-order valence-electron chi connectivity index (χ4n) is 2.14. The number of hydrogen-bond acceptors (Lipinski definition) is 5. The lowest BCUT2D eigenvalue weighted by atomic mass is 10.2. The normalized spacial score (nSPS) is 10.8. The van der Waals surface area contributed by atoms with E-state index in [1.165, 1.54) is 17.4 Å². The fraction of sp³-hybridized carbons (Fsp3) is 0.188. The average molecular weight is 314 g/mol. The van der Waals surface area contributed by atoms with Gasteiger partial charge in [-0.1, -0.05) is 30.3 Å². The number of carbonyl (C=O) groups excluding carboxylic acids is 1. The van der Waals surface area contributed by atoms with Crippen LogP contribution in [0.4, 0.5) is 0 Å². The molecule has 112 valence electrons. The molecule has 2 heterocycles. The SMILES string of the molecule is Cc1csc2nc(COC(=O)Cc3ccccc3)cc(=O)n12. The number of thiazole rings is 1. The Bertz CT molecular complexity index is 868. The Hall–Kier alpha value is -2.47. The summed E-state index contributed by atoms with van der Waals surface area (Å²) in [4.78, 5) is 28.8. The number of rotatable bonds is 4. The van der Waals surface area contributed by atoms with Gasteiger partial charge in [-0.3, -0.25) is 14.0 Å². The highest BCUT2D eigenvalue weighted by molar-refractivity contribution is 7.15. The number of fused-ring (bicyclic) bond motifs is 1. The van der Waals surface area contributed by atoms with Gasteiger partial charge < -0.3 is 4.74 Å². The van der Waals surface area contributed by atoms with Gasteiger partial charge in [-0.05, 0) is 12.5 Å². The highest BCUT2D eigenvalue weighted by Gasteiger charge is 2.09. The number of ether oxygens (including phenoxy) is 1. The molecule has 0 spiro atoms. The molecule has 1 aromatic carbocycles. The van der Waals surface area contributed by atoms with Gasteiger partial charge in [-0.2, -0.15) is 0 Å². The van der Waals surface area contributed by atoms with Gasteiger partial charge in [0.15, 0.2) is 4.96 Å². The molecule has 0 aliphatic heterocycles. The molecule has 5 nitrogen and oxygen atoms in total. The molecule has 0 bridgehead atoms. The molecule has 0 amide bonds. The van der Waals surface area contributed by atoms with Gasteiger partial charge in [0, 0.05) is 17.1 Å². The largest absolute Gasteiger partial charge is 0.459 e. The molecule has 0 aliphatic rings. The first-order chi connectivity index (χ1) is 10.6. The standard InChI is InChI=1S/C16H14N2O3S/c1-11-10-22-16-17-13(8-14(19)18(11)16)9-21-15(20)7-12-5-3-2-4-6-12/h2-6,8,10H,7,9H2,1H3. The molecule has 0 saturated carbocycles. The zero-order chi connectivity index (χ0) is 15.5. The molecule has 6 heteroatoms. The monoisotopic (exact) mass is 314 g/mol. The van der Waals surface area contributed by atoms with Gasteiger partial charge >= 0.3 is 5.97 Å². The number of esters is 1. The summed E-state index contributed by atoms with van der Waals surface area (Å²) in [5, 5.41) is 1.87. The Morgan fingerprint density at radius 3 is 2.86 bits per heavy atom. The topological polar surface area (TPSA) is 60.7 Å². The minimum absolute atomic E-state index is 0.00829. The molecule has 3 aromatic rings. The first kappa shape index (κ1) is 14.5. The zero-order valence-electron chi connectivity index (χ0n) is 12.0. The Morgan fingerprint density at radius 1 is 1.32 bits per heavy atom. The highest BCUT2D eigenvalue weighted by Crippen LogP contribution is 2.12. The van der Waals surface area contributed by atoms with E-state index in [4.69, 9.17) is 4.74 Å². The second-order valence-corrected chi connectivity index (χ2v) is 5.74. The van der Waals surface area contributed by atoms with Crippen molar-refractivity contribution in [1.29, 1.82) is 0 Å². The quantitative estimate of drug-likeness (QED) is 0.694. The van der Waals surface area contributed by atoms with Gasteiger partial charge in [0.1, 0.15) is 6.61 Å². The number of nitrogens with zero attached hydrogens (tertiary/aromatic N) is 2. The summed E-state index contributed by atoms with van der Waals surface area (Å²) in [5.74, 6) is -0.337. The molecule has 0 atom stereocenters. The van der Waals surface area contributed by atoms with Crippen LogP contribution in [0.2, 0.25) is 0 Å². The van der Waals surface area contributed by atoms with Crippen LogP contribution in [-0.4, -0.2) is 15.4 Å². The van der Waals surface area contributed by atoms with Crippen molar-refractivity contribution in [2.45, 2.75) is 20.0 Å². The van der Waals surface area contributed by atoms with Crippen LogP contribution < -0.4 is 5.56 Å². The first-order valence-corrected chi connectivity index (χ1v) is 7.68. The molecule has 0 radical (unpaired) electrons. The Morgan fingerprint density at radius 2 is 2.09 bits per heavy atom. The molecule has 0 N–H and O–H groups in total. The fourth-order valence-corrected chi connectivity index (χ4v) is 3.03. The van der Waals surface area contributed by atoms with Crippen LogP contribution in [0.25, 0.3) is 4.96 Å². The molecular formula is C16H14N2O3S. The number of aromatic nitrogens is 2. The van der Waals surface area contributed by atoms with Crippen LogP contribution in [0.1, 0.15) is 17.0 Å². The lowest BCUT2D eigenvalue weighted by Gasteiger charge is -2.05. The number of hydrogen-bond donors (Lipinski definition) is 0. The predicted octanol–water partition coefficient (Wildman–Crippen LogP) is 2.35. The van der Waals surface area contributed by atoms with E-state index < -0.39 is 0 Å². The Kier molecular flexibility index (Phi) is 4.02. The van der Waals surface area contributed by atoms with Crippen LogP contribution in [0.5, 0.6) is 0 Å². The maximum atomic E-state index is 12.0. The van der Waals surface area contributed by atoms with Crippen molar-refractivity contribution in [2.75, 3.05) is 0 Å². The van der Waals surface area contributed by atoms with E-state index >= 15 is 0 Å². The number of carbonyl (C=O) groups is 1. The maximum absolute atomic E-state index is 12.0. The van der Waals surface area contributed by atoms with E-state index in [1.807, 2.05) is 42.6 Å². The van der Waals surface area contributed by atoms with Crippen LogP contribution >= 0.6 is 11.3 Å². The molecule has 3 rings (SSSR count). The van der Waals surface area contributed by atoms with Crippen molar-refractivity contribution in [3.05, 3.63) is 69.1 Å². The van der Waals surface area contributed by atoms with E-state index in [-0.39, 0.29) is 24.6 Å². The van der Waals surface area contributed by atoms with Crippen LogP contribution in [0, 0.1) is 6.92 Å². The van der Waals surface area contributed by atoms with Crippen molar-refractivity contribution in [3.8, 4) is 0 Å². The average Bonchev–Trinajstić information content (AvgIpc) is 2.88. The molecule has 22 heavy (non-hydrogen) atoms. The van der Waals surface area contributed by atoms with Crippen LogP contribution in [-0.2, 0) is 22.6 Å². The number of benzene rings is 1. The summed E-state index contributed by atoms with van der Waals surface area (Å²) in [6.07, 6.45) is 0.209. The third kappa shape index (κ3) is 3.07. The second kappa shape index (κ2) is 6.11. The van der Waals surface area contributed by atoms with E-state index in [0.717, 1.165) is 11.3 Å². The van der Waals surface area contributed by atoms with Crippen molar-refractivity contribution in [2.24, 2.45) is 0 Å². The van der Waals surface area contributed by atoms with Crippen molar-refractivity contribution >= 4 is 22.3 Å². The molecule has 2 aromatic heterocycles. The highest BCUT2D eigenvalue weighted by atomic mass is 32.1. The van der Waals surface area contributed by atoms with E-state index in [0.29, 0.717) is 10.7 Å². The Balaban J connectivity index is 1.69. The van der Waals surface area contributed by atoms with Crippen LogP contribution in [0.15, 0.2) is 46.6 Å². The smallest absolute Gasteiger partial charge is 0.310 e. The van der Waals surface area contributed by atoms with Crippen molar-refractivity contribution < 1.29 is 9.53 Å². The van der Waals surface area contributed by atoms with Crippen LogP contribution in [0.3, 0.4) is 0 Å². The zero-order valence-corrected chi connectivity index (χ0v) is 12.8. The number of aryl methyl sites for hydroxylation is 1. The van der Waals surface area contributed by atoms with E-state index in [1.54, 1.807) is 4.40 Å². The Labute approximate surface area is 130 Å². The van der Waals surface area contributed by atoms with Gasteiger partial charge in [-0.15, -0.1) is 11.3 Å². The molecule has 0 unspecified atom stereocenters. The molecule has 0 fully saturated rings. The predicted molar refractivity (Wildman–Crippen MR) is 84.0 cm³/mol. The molecule has 0 aliphatic carbocycles. The summed E-state index contributed by atoms with van der Waals surface area (Å²) in [6.45, 7) is 1.86. The van der Waals surface area contributed by atoms with Gasteiger partial charge in [-0.25, -0.2) is 4.98 Å². The van der Waals surface area contributed by atoms with E-state index in [9.17, 15) is 9.59 Å². The summed E-state index contributed by atoms with van der Waals surface area (Å²) >= 11 is 1.39. The van der Waals surface area contributed by atoms with Gasteiger partial charge in [0.05, 0.1) is 12.1 Å². The minimum Gasteiger partial charge on any atom is -0.459 e. The van der Waals surface area contributed by atoms with Crippen molar-refractivity contribution in [3.63, 3.8) is 0 Å². The minimum atomic E-state index is -0.337. The summed E-state index contributed by atoms with van der Waals surface area (Å²) in [6, 6.07) is 10.8. The molecular weight excluding hydrogens is 300 g/mol. The summed E-state index contributed by atoms with van der Waals surface area (Å²) in [7, 11) is 0. The third-order valence-corrected chi connectivity index (χ3v) is 4.14. The summed E-state index contributed by atoms with van der Waals surface area (Å²) < 4.78 is 6.74. The summed E-state index contributed by atoms with van der Waals surface area (Å²) in [5.41, 5.74) is 2.06. The van der Waals surface area contributed by atoms with E-state index in [2.05, 4.69) is 4.98 Å². The maximum Gasteiger partial charge on any atom is 0.310 e. The second-order valence-electron chi connectivity index (χ2n) is 4.90. The lowest BCUT2D eigenvalue weighted by Crippen LogP contribution is -2.16. The first-order valence-electron chi connectivity index (χ1n) is 6.80.